The van der Waals surface area contributed by atoms with Crippen LogP contribution in [0, 0.1) is 5.92 Å². The SMILES string of the molecule is COc1c(NN)ncnc1N1CCC(C(C)O)CC1. The number of ether oxygens (including phenoxy) is 1. The molecular formula is C12H21N5O2. The zero-order valence-electron chi connectivity index (χ0n) is 11.3. The van der Waals surface area contributed by atoms with Gasteiger partial charge in [0.1, 0.15) is 6.33 Å². The van der Waals surface area contributed by atoms with Crippen molar-refractivity contribution < 1.29 is 9.84 Å². The number of hydrogen-bond acceptors (Lipinski definition) is 7. The van der Waals surface area contributed by atoms with Gasteiger partial charge in [-0.3, -0.25) is 0 Å². The molecule has 2 rings (SSSR count). The molecule has 1 aromatic rings. The highest BCUT2D eigenvalue weighted by Gasteiger charge is 2.26. The highest BCUT2D eigenvalue weighted by molar-refractivity contribution is 5.64. The molecule has 1 aliphatic heterocycles. The number of nitrogens with two attached hydrogens (primary N) is 1. The maximum Gasteiger partial charge on any atom is 0.205 e. The smallest absolute Gasteiger partial charge is 0.205 e. The van der Waals surface area contributed by atoms with Crippen LogP contribution in [0.2, 0.25) is 0 Å². The van der Waals surface area contributed by atoms with E-state index in [9.17, 15) is 5.11 Å². The first kappa shape index (κ1) is 13.8. The van der Waals surface area contributed by atoms with Gasteiger partial charge in [-0.05, 0) is 25.7 Å². The number of aliphatic hydroxyl groups is 1. The van der Waals surface area contributed by atoms with Crippen molar-refractivity contribution in [2.24, 2.45) is 11.8 Å². The van der Waals surface area contributed by atoms with E-state index in [-0.39, 0.29) is 6.10 Å². The molecule has 2 heterocycles. The third-order valence-electron chi connectivity index (χ3n) is 3.65. The van der Waals surface area contributed by atoms with Gasteiger partial charge in [0.25, 0.3) is 0 Å². The van der Waals surface area contributed by atoms with E-state index in [1.54, 1.807) is 7.11 Å². The van der Waals surface area contributed by atoms with Crippen LogP contribution in [-0.2, 0) is 0 Å². The van der Waals surface area contributed by atoms with Crippen molar-refractivity contribution in [3.8, 4) is 5.75 Å². The summed E-state index contributed by atoms with van der Waals surface area (Å²) in [6.07, 6.45) is 3.09. The molecule has 1 atom stereocenters. The first-order valence-electron chi connectivity index (χ1n) is 6.46. The van der Waals surface area contributed by atoms with E-state index in [4.69, 9.17) is 10.6 Å². The van der Waals surface area contributed by atoms with Gasteiger partial charge in [0, 0.05) is 13.1 Å². The number of rotatable bonds is 4. The summed E-state index contributed by atoms with van der Waals surface area (Å²) in [6.45, 7) is 3.53. The van der Waals surface area contributed by atoms with Crippen LogP contribution in [0.15, 0.2) is 6.33 Å². The number of piperidine rings is 1. The van der Waals surface area contributed by atoms with Gasteiger partial charge >= 0.3 is 0 Å². The van der Waals surface area contributed by atoms with Crippen molar-refractivity contribution in [3.05, 3.63) is 6.33 Å². The van der Waals surface area contributed by atoms with E-state index in [2.05, 4.69) is 20.3 Å². The molecule has 0 spiro atoms. The second kappa shape index (κ2) is 6.03. The molecule has 106 valence electrons. The zero-order valence-corrected chi connectivity index (χ0v) is 11.3. The largest absolute Gasteiger partial charge is 0.490 e. The minimum Gasteiger partial charge on any atom is -0.490 e. The van der Waals surface area contributed by atoms with Crippen molar-refractivity contribution in [1.29, 1.82) is 0 Å². The van der Waals surface area contributed by atoms with E-state index in [0.717, 1.165) is 31.7 Å². The Labute approximate surface area is 112 Å². The lowest BCUT2D eigenvalue weighted by molar-refractivity contribution is 0.109. The Bertz CT molecular complexity index is 419. The Morgan fingerprint density at radius 1 is 1.47 bits per heavy atom. The summed E-state index contributed by atoms with van der Waals surface area (Å²) in [5, 5.41) is 9.62. The van der Waals surface area contributed by atoms with E-state index in [1.165, 1.54) is 6.33 Å². The summed E-state index contributed by atoms with van der Waals surface area (Å²) >= 11 is 0. The summed E-state index contributed by atoms with van der Waals surface area (Å²) in [7, 11) is 1.57. The van der Waals surface area contributed by atoms with E-state index < -0.39 is 0 Å². The Kier molecular flexibility index (Phi) is 4.39. The first-order valence-corrected chi connectivity index (χ1v) is 6.46. The summed E-state index contributed by atoms with van der Waals surface area (Å²) in [5.41, 5.74) is 2.51. The zero-order chi connectivity index (χ0) is 13.8. The summed E-state index contributed by atoms with van der Waals surface area (Å²) in [4.78, 5) is 10.5. The number of nitrogens with one attached hydrogen (secondary N) is 1. The predicted molar refractivity (Wildman–Crippen MR) is 73.0 cm³/mol. The van der Waals surface area contributed by atoms with Gasteiger partial charge in [0.2, 0.25) is 5.75 Å². The van der Waals surface area contributed by atoms with Crippen molar-refractivity contribution in [2.45, 2.75) is 25.9 Å². The third-order valence-corrected chi connectivity index (χ3v) is 3.65. The Balaban J connectivity index is 2.15. The molecule has 0 radical (unpaired) electrons. The molecule has 0 saturated carbocycles. The average molecular weight is 267 g/mol. The van der Waals surface area contributed by atoms with Crippen LogP contribution in [0.1, 0.15) is 19.8 Å². The number of nitrogens with zero attached hydrogens (tertiary/aromatic N) is 3. The fourth-order valence-corrected chi connectivity index (χ4v) is 2.47. The second-order valence-electron chi connectivity index (χ2n) is 4.79. The maximum absolute atomic E-state index is 9.62. The number of nitrogen functional groups attached to an aromatic ring is 1. The molecule has 1 aliphatic rings. The standard InChI is InChI=1S/C12H21N5O2/c1-8(18)9-3-5-17(6-4-9)12-10(19-2)11(16-13)14-7-15-12/h7-9,18H,3-6,13H2,1-2H3,(H,14,15,16). The summed E-state index contributed by atoms with van der Waals surface area (Å²) in [5.74, 6) is 7.55. The minimum absolute atomic E-state index is 0.254. The maximum atomic E-state index is 9.62. The lowest BCUT2D eigenvalue weighted by Gasteiger charge is -2.34. The molecule has 0 aliphatic carbocycles. The highest BCUT2D eigenvalue weighted by Crippen LogP contribution is 2.34. The van der Waals surface area contributed by atoms with Crippen LogP contribution in [0.25, 0.3) is 0 Å². The number of hydrazine groups is 1. The molecule has 0 aromatic carbocycles. The van der Waals surface area contributed by atoms with Gasteiger partial charge in [0.15, 0.2) is 11.6 Å². The fourth-order valence-electron chi connectivity index (χ4n) is 2.47. The molecule has 19 heavy (non-hydrogen) atoms. The quantitative estimate of drug-likeness (QED) is 0.535. The molecule has 7 nitrogen and oxygen atoms in total. The van der Waals surface area contributed by atoms with Crippen molar-refractivity contribution in [1.82, 2.24) is 9.97 Å². The molecule has 1 unspecified atom stereocenters. The lowest BCUT2D eigenvalue weighted by Crippen LogP contribution is -2.37. The average Bonchev–Trinajstić information content (AvgIpc) is 2.46. The molecule has 1 aromatic heterocycles. The monoisotopic (exact) mass is 267 g/mol. The van der Waals surface area contributed by atoms with Crippen LogP contribution in [0.5, 0.6) is 5.75 Å². The minimum atomic E-state index is -0.254. The predicted octanol–water partition coefficient (Wildman–Crippen LogP) is 0.368. The molecule has 0 amide bonds. The van der Waals surface area contributed by atoms with E-state index >= 15 is 0 Å². The number of methoxy groups -OCH3 is 1. The normalized spacial score (nSPS) is 18.2. The topological polar surface area (TPSA) is 96.5 Å². The molecule has 1 fully saturated rings. The van der Waals surface area contributed by atoms with Gasteiger partial charge in [0.05, 0.1) is 13.2 Å². The van der Waals surface area contributed by atoms with Crippen molar-refractivity contribution in [2.75, 3.05) is 30.5 Å². The number of anilines is 2. The van der Waals surface area contributed by atoms with E-state index in [1.807, 2.05) is 6.92 Å². The molecule has 1 saturated heterocycles. The van der Waals surface area contributed by atoms with Gasteiger partial charge in [-0.1, -0.05) is 0 Å². The number of hydrogen-bond donors (Lipinski definition) is 3. The van der Waals surface area contributed by atoms with Gasteiger partial charge in [-0.25, -0.2) is 15.8 Å². The lowest BCUT2D eigenvalue weighted by atomic mass is 9.92. The summed E-state index contributed by atoms with van der Waals surface area (Å²) in [6, 6.07) is 0. The van der Waals surface area contributed by atoms with Crippen LogP contribution in [-0.4, -0.2) is 41.4 Å². The fraction of sp³-hybridized carbons (Fsp3) is 0.667. The molecular weight excluding hydrogens is 246 g/mol. The molecule has 7 heteroatoms. The van der Waals surface area contributed by atoms with Crippen LogP contribution in [0.4, 0.5) is 11.6 Å². The Morgan fingerprint density at radius 3 is 2.68 bits per heavy atom. The van der Waals surface area contributed by atoms with Crippen LogP contribution >= 0.6 is 0 Å². The highest BCUT2D eigenvalue weighted by atomic mass is 16.5. The van der Waals surface area contributed by atoms with E-state index in [0.29, 0.717) is 17.5 Å². The Morgan fingerprint density at radius 2 is 2.16 bits per heavy atom. The van der Waals surface area contributed by atoms with Crippen molar-refractivity contribution >= 4 is 11.6 Å². The second-order valence-corrected chi connectivity index (χ2v) is 4.79. The molecule has 4 N–H and O–H groups in total. The van der Waals surface area contributed by atoms with Crippen molar-refractivity contribution in [3.63, 3.8) is 0 Å². The molecule has 0 bridgehead atoms. The number of aromatic nitrogens is 2. The first-order chi connectivity index (χ1) is 9.17. The number of aliphatic hydroxyl groups excluding tert-OH is 1. The summed E-state index contributed by atoms with van der Waals surface area (Å²) < 4.78 is 5.34. The Hall–Kier alpha value is -1.60. The van der Waals surface area contributed by atoms with Crippen LogP contribution < -0.4 is 20.9 Å². The van der Waals surface area contributed by atoms with Crippen LogP contribution in [0.3, 0.4) is 0 Å². The third kappa shape index (κ3) is 2.87. The van der Waals surface area contributed by atoms with Gasteiger partial charge in [-0.15, -0.1) is 0 Å². The van der Waals surface area contributed by atoms with Gasteiger partial charge < -0.3 is 20.2 Å². The van der Waals surface area contributed by atoms with Gasteiger partial charge in [-0.2, -0.15) is 0 Å².